The fourth-order valence-electron chi connectivity index (χ4n) is 1.81. The summed E-state index contributed by atoms with van der Waals surface area (Å²) in [7, 11) is 0. The minimum Gasteiger partial charge on any atom is -0.326 e. The maximum absolute atomic E-state index is 12.0. The number of rotatable bonds is 3. The molecule has 1 heterocycles. The normalized spacial score (nSPS) is 18.7. The van der Waals surface area contributed by atoms with Gasteiger partial charge >= 0.3 is 6.03 Å². The Morgan fingerprint density at radius 1 is 1.33 bits per heavy atom. The van der Waals surface area contributed by atoms with Gasteiger partial charge in [0.25, 0.3) is 5.91 Å². The molecular formula is C13H13N3O2. The van der Waals surface area contributed by atoms with Gasteiger partial charge in [0.15, 0.2) is 0 Å². The van der Waals surface area contributed by atoms with Crippen LogP contribution in [0.5, 0.6) is 0 Å². The molecule has 1 atom stereocenters. The van der Waals surface area contributed by atoms with Crippen LogP contribution in [0.3, 0.4) is 0 Å². The number of amides is 3. The standard InChI is InChI=1S/C13H13N3O2/c1-2-3-11-12(17)16(13(18)15-11)10-6-4-9(8-14)5-7-10/h1,4-7,11H,3,8,14H2,(H,15,18). The van der Waals surface area contributed by atoms with Gasteiger partial charge in [-0.1, -0.05) is 12.1 Å². The molecule has 1 aliphatic rings. The van der Waals surface area contributed by atoms with Crippen molar-refractivity contribution in [1.82, 2.24) is 5.32 Å². The van der Waals surface area contributed by atoms with E-state index in [4.69, 9.17) is 12.2 Å². The third-order valence-electron chi connectivity index (χ3n) is 2.77. The molecule has 3 N–H and O–H groups in total. The van der Waals surface area contributed by atoms with E-state index in [-0.39, 0.29) is 12.3 Å². The maximum atomic E-state index is 12.0. The van der Waals surface area contributed by atoms with Crippen LogP contribution < -0.4 is 16.0 Å². The second-order valence-corrected chi connectivity index (χ2v) is 3.95. The smallest absolute Gasteiger partial charge is 0.326 e. The van der Waals surface area contributed by atoms with Crippen molar-refractivity contribution in [1.29, 1.82) is 0 Å². The first-order chi connectivity index (χ1) is 8.67. The monoisotopic (exact) mass is 243 g/mol. The molecule has 0 aliphatic carbocycles. The lowest BCUT2D eigenvalue weighted by Crippen LogP contribution is -2.31. The zero-order chi connectivity index (χ0) is 13.1. The van der Waals surface area contributed by atoms with Gasteiger partial charge in [0.1, 0.15) is 6.04 Å². The second kappa shape index (κ2) is 4.90. The first-order valence-electron chi connectivity index (χ1n) is 5.54. The van der Waals surface area contributed by atoms with Gasteiger partial charge in [0.05, 0.1) is 5.69 Å². The van der Waals surface area contributed by atoms with Crippen LogP contribution in [-0.4, -0.2) is 18.0 Å². The number of carbonyl (C=O) groups excluding carboxylic acids is 2. The quantitative estimate of drug-likeness (QED) is 0.602. The lowest BCUT2D eigenvalue weighted by atomic mass is 10.2. The van der Waals surface area contributed by atoms with Crippen LogP contribution in [0.4, 0.5) is 10.5 Å². The molecule has 1 aliphatic heterocycles. The van der Waals surface area contributed by atoms with Gasteiger partial charge in [-0.3, -0.25) is 4.79 Å². The predicted molar refractivity (Wildman–Crippen MR) is 67.6 cm³/mol. The van der Waals surface area contributed by atoms with Gasteiger partial charge < -0.3 is 11.1 Å². The predicted octanol–water partition coefficient (Wildman–Crippen LogP) is 0.593. The van der Waals surface area contributed by atoms with Crippen molar-refractivity contribution < 1.29 is 9.59 Å². The lowest BCUT2D eigenvalue weighted by molar-refractivity contribution is -0.118. The Hall–Kier alpha value is -2.32. The highest BCUT2D eigenvalue weighted by molar-refractivity contribution is 6.21. The van der Waals surface area contributed by atoms with Gasteiger partial charge in [-0.15, -0.1) is 12.3 Å². The van der Waals surface area contributed by atoms with Gasteiger partial charge in [-0.2, -0.15) is 0 Å². The largest absolute Gasteiger partial charge is 0.329 e. The number of anilines is 1. The van der Waals surface area contributed by atoms with Crippen LogP contribution in [0.25, 0.3) is 0 Å². The summed E-state index contributed by atoms with van der Waals surface area (Å²) in [4.78, 5) is 24.8. The van der Waals surface area contributed by atoms with Crippen molar-refractivity contribution in [2.24, 2.45) is 5.73 Å². The molecular weight excluding hydrogens is 230 g/mol. The summed E-state index contributed by atoms with van der Waals surface area (Å²) in [5.41, 5.74) is 6.95. The summed E-state index contributed by atoms with van der Waals surface area (Å²) in [6.45, 7) is 0.417. The third kappa shape index (κ3) is 2.06. The van der Waals surface area contributed by atoms with Crippen LogP contribution in [0, 0.1) is 12.3 Å². The molecule has 0 spiro atoms. The summed E-state index contributed by atoms with van der Waals surface area (Å²) in [5.74, 6) is 2.05. The molecule has 0 aromatic heterocycles. The highest BCUT2D eigenvalue weighted by Gasteiger charge is 2.38. The molecule has 2 rings (SSSR count). The summed E-state index contributed by atoms with van der Waals surface area (Å²) >= 11 is 0. The van der Waals surface area contributed by atoms with E-state index in [1.807, 2.05) is 0 Å². The highest BCUT2D eigenvalue weighted by Crippen LogP contribution is 2.20. The summed E-state index contributed by atoms with van der Waals surface area (Å²) < 4.78 is 0. The van der Waals surface area contributed by atoms with Crippen molar-refractivity contribution in [3.8, 4) is 12.3 Å². The number of nitrogens with one attached hydrogen (secondary N) is 1. The van der Waals surface area contributed by atoms with Crippen molar-refractivity contribution in [2.75, 3.05) is 4.90 Å². The van der Waals surface area contributed by atoms with Crippen molar-refractivity contribution in [3.05, 3.63) is 29.8 Å². The van der Waals surface area contributed by atoms with E-state index in [0.717, 1.165) is 10.5 Å². The van der Waals surface area contributed by atoms with E-state index in [9.17, 15) is 9.59 Å². The number of hydrogen-bond donors (Lipinski definition) is 2. The summed E-state index contributed by atoms with van der Waals surface area (Å²) in [6, 6.07) is 5.88. The van der Waals surface area contributed by atoms with Crippen molar-refractivity contribution >= 4 is 17.6 Å². The SMILES string of the molecule is C#CCC1NC(=O)N(c2ccc(CN)cc2)C1=O. The second-order valence-electron chi connectivity index (χ2n) is 3.95. The van der Waals surface area contributed by atoms with Crippen LogP contribution in [-0.2, 0) is 11.3 Å². The summed E-state index contributed by atoms with van der Waals surface area (Å²) in [5, 5.41) is 2.55. The van der Waals surface area contributed by atoms with E-state index in [1.54, 1.807) is 24.3 Å². The molecule has 0 radical (unpaired) electrons. The topological polar surface area (TPSA) is 75.4 Å². The zero-order valence-electron chi connectivity index (χ0n) is 9.72. The zero-order valence-corrected chi connectivity index (χ0v) is 9.72. The van der Waals surface area contributed by atoms with E-state index in [2.05, 4.69) is 11.2 Å². The number of hydrogen-bond acceptors (Lipinski definition) is 3. The van der Waals surface area contributed by atoms with E-state index >= 15 is 0 Å². The van der Waals surface area contributed by atoms with Crippen LogP contribution in [0.2, 0.25) is 0 Å². The van der Waals surface area contributed by atoms with Gasteiger partial charge in [-0.05, 0) is 17.7 Å². The number of nitrogens with zero attached hydrogens (tertiary/aromatic N) is 1. The van der Waals surface area contributed by atoms with E-state index in [0.29, 0.717) is 12.2 Å². The number of benzene rings is 1. The molecule has 1 unspecified atom stereocenters. The van der Waals surface area contributed by atoms with Crippen LogP contribution in [0.15, 0.2) is 24.3 Å². The molecule has 92 valence electrons. The molecule has 3 amide bonds. The molecule has 1 aromatic carbocycles. The van der Waals surface area contributed by atoms with Crippen LogP contribution >= 0.6 is 0 Å². The number of carbonyl (C=O) groups is 2. The fourth-order valence-corrected chi connectivity index (χ4v) is 1.81. The Kier molecular flexibility index (Phi) is 3.31. The Morgan fingerprint density at radius 3 is 2.56 bits per heavy atom. The maximum Gasteiger partial charge on any atom is 0.329 e. The van der Waals surface area contributed by atoms with Crippen molar-refractivity contribution in [3.63, 3.8) is 0 Å². The first-order valence-corrected chi connectivity index (χ1v) is 5.54. The Bertz CT molecular complexity index is 516. The van der Waals surface area contributed by atoms with E-state index in [1.165, 1.54) is 0 Å². The molecule has 1 saturated heterocycles. The average molecular weight is 243 g/mol. The Labute approximate surface area is 105 Å². The van der Waals surface area contributed by atoms with Crippen LogP contribution in [0.1, 0.15) is 12.0 Å². The molecule has 5 heteroatoms. The molecule has 0 bridgehead atoms. The number of imide groups is 1. The van der Waals surface area contributed by atoms with Gasteiger partial charge in [0.2, 0.25) is 0 Å². The minimum atomic E-state index is -0.628. The Balaban J connectivity index is 2.25. The molecule has 0 saturated carbocycles. The molecule has 1 fully saturated rings. The van der Waals surface area contributed by atoms with Crippen molar-refractivity contribution in [2.45, 2.75) is 19.0 Å². The Morgan fingerprint density at radius 2 is 2.00 bits per heavy atom. The average Bonchev–Trinajstić information content (AvgIpc) is 2.65. The van der Waals surface area contributed by atoms with Gasteiger partial charge in [0, 0.05) is 13.0 Å². The number of urea groups is 1. The molecule has 5 nitrogen and oxygen atoms in total. The van der Waals surface area contributed by atoms with Gasteiger partial charge in [-0.25, -0.2) is 9.69 Å². The number of terminal acetylenes is 1. The van der Waals surface area contributed by atoms with E-state index < -0.39 is 12.1 Å². The first kappa shape index (κ1) is 12.1. The molecule has 18 heavy (non-hydrogen) atoms. The fraction of sp³-hybridized carbons (Fsp3) is 0.231. The third-order valence-corrected chi connectivity index (χ3v) is 2.77. The lowest BCUT2D eigenvalue weighted by Gasteiger charge is -2.13. The minimum absolute atomic E-state index is 0.196. The number of nitrogens with two attached hydrogens (primary N) is 1. The summed E-state index contributed by atoms with van der Waals surface area (Å²) in [6.07, 6.45) is 5.35. The molecule has 1 aromatic rings. The highest BCUT2D eigenvalue weighted by atomic mass is 16.2.